The van der Waals surface area contributed by atoms with Gasteiger partial charge in [0.2, 0.25) is 0 Å². The van der Waals surface area contributed by atoms with E-state index in [1.807, 2.05) is 24.4 Å². The molecule has 1 unspecified atom stereocenters. The number of fused-ring (bicyclic) bond motifs is 1. The zero-order valence-electron chi connectivity index (χ0n) is 23.7. The fourth-order valence-corrected chi connectivity index (χ4v) is 5.40. The Bertz CT molecular complexity index is 1760. The molecule has 0 fully saturated rings. The summed E-state index contributed by atoms with van der Waals surface area (Å²) in [5.74, 6) is 1.47. The second kappa shape index (κ2) is 12.6. The maximum atomic E-state index is 13.5. The zero-order chi connectivity index (χ0) is 28.7. The van der Waals surface area contributed by atoms with Gasteiger partial charge in [0.15, 0.2) is 5.82 Å². The number of carbonyl (C=O) groups is 1. The summed E-state index contributed by atoms with van der Waals surface area (Å²) in [5, 5.41) is 13.9. The molecule has 3 aromatic heterocycles. The van der Waals surface area contributed by atoms with E-state index in [1.54, 1.807) is 24.5 Å². The maximum absolute atomic E-state index is 13.5. The summed E-state index contributed by atoms with van der Waals surface area (Å²) in [6, 6.07) is 30.4. The molecule has 1 amide bonds. The van der Waals surface area contributed by atoms with Gasteiger partial charge in [-0.2, -0.15) is 0 Å². The number of nitrogens with zero attached hydrogens (tertiary/aromatic N) is 4. The van der Waals surface area contributed by atoms with Crippen molar-refractivity contribution < 1.29 is 4.79 Å². The van der Waals surface area contributed by atoms with Crippen LogP contribution in [0.4, 0.5) is 0 Å². The number of hydrogen-bond donors (Lipinski definition) is 2. The molecule has 0 spiro atoms. The van der Waals surface area contributed by atoms with E-state index in [2.05, 4.69) is 87.4 Å². The Hall–Kier alpha value is -5.04. The van der Waals surface area contributed by atoms with Gasteiger partial charge in [-0.05, 0) is 53.3 Å². The predicted molar refractivity (Wildman–Crippen MR) is 165 cm³/mol. The van der Waals surface area contributed by atoms with Crippen LogP contribution in [-0.2, 0) is 32.2 Å². The molecule has 0 aliphatic carbocycles. The van der Waals surface area contributed by atoms with Crippen molar-refractivity contribution >= 4 is 16.8 Å². The number of aryl methyl sites for hydroxylation is 3. The van der Waals surface area contributed by atoms with Gasteiger partial charge in [-0.3, -0.25) is 9.78 Å². The number of benzene rings is 3. The van der Waals surface area contributed by atoms with E-state index in [9.17, 15) is 4.79 Å². The van der Waals surface area contributed by atoms with Gasteiger partial charge in [0.25, 0.3) is 5.91 Å². The van der Waals surface area contributed by atoms with Gasteiger partial charge >= 0.3 is 0 Å². The van der Waals surface area contributed by atoms with Crippen LogP contribution in [0.25, 0.3) is 10.9 Å². The SMILES string of the molecule is CCc1ccc(Cn2c(CCc3ccccc3)nnc2C(Cc2c[nH]c3ccccc23)NC(=O)c2ccncc2)cc1. The summed E-state index contributed by atoms with van der Waals surface area (Å²) in [4.78, 5) is 20.9. The van der Waals surface area contributed by atoms with Crippen molar-refractivity contribution in [2.24, 2.45) is 0 Å². The van der Waals surface area contributed by atoms with Gasteiger partial charge in [-0.25, -0.2) is 0 Å². The molecule has 0 aliphatic heterocycles. The van der Waals surface area contributed by atoms with E-state index in [-0.39, 0.29) is 5.91 Å². The monoisotopic (exact) mass is 554 g/mol. The Balaban J connectivity index is 1.38. The summed E-state index contributed by atoms with van der Waals surface area (Å²) >= 11 is 0. The minimum absolute atomic E-state index is 0.171. The van der Waals surface area contributed by atoms with Crippen LogP contribution < -0.4 is 5.32 Å². The van der Waals surface area contributed by atoms with E-state index >= 15 is 0 Å². The van der Waals surface area contributed by atoms with Crippen LogP contribution in [0.1, 0.15) is 57.2 Å². The van der Waals surface area contributed by atoms with Crippen LogP contribution in [0.15, 0.2) is 110 Å². The lowest BCUT2D eigenvalue weighted by Gasteiger charge is -2.20. The third-order valence-corrected chi connectivity index (χ3v) is 7.77. The molecule has 6 aromatic rings. The van der Waals surface area contributed by atoms with E-state index in [1.165, 1.54) is 16.7 Å². The molecule has 1 atom stereocenters. The fraction of sp³-hybridized carbons (Fsp3) is 0.200. The van der Waals surface area contributed by atoms with Crippen molar-refractivity contribution in [1.29, 1.82) is 0 Å². The molecular weight excluding hydrogens is 520 g/mol. The third-order valence-electron chi connectivity index (χ3n) is 7.77. The number of nitrogens with one attached hydrogen (secondary N) is 2. The first-order valence-corrected chi connectivity index (χ1v) is 14.5. The fourth-order valence-electron chi connectivity index (χ4n) is 5.40. The number of amides is 1. The molecule has 0 radical (unpaired) electrons. The standard InChI is InChI=1S/C35H34N6O/c1-2-25-12-14-27(15-13-25)24-41-33(17-16-26-8-4-3-5-9-26)39-40-34(41)32(38-35(42)28-18-20-36-21-19-28)22-29-23-37-31-11-7-6-10-30(29)31/h3-15,18-21,23,32,37H,2,16-17,22,24H2,1H3,(H,38,42). The Labute approximate surface area is 245 Å². The molecular formula is C35H34N6O. The molecule has 7 nitrogen and oxygen atoms in total. The maximum Gasteiger partial charge on any atom is 0.251 e. The molecule has 0 aliphatic rings. The number of aromatic nitrogens is 5. The van der Waals surface area contributed by atoms with Crippen LogP contribution in [-0.4, -0.2) is 30.6 Å². The molecule has 3 heterocycles. The van der Waals surface area contributed by atoms with E-state index < -0.39 is 6.04 Å². The van der Waals surface area contributed by atoms with Gasteiger partial charge in [0.05, 0.1) is 12.6 Å². The largest absolute Gasteiger partial charge is 0.361 e. The number of rotatable bonds is 11. The van der Waals surface area contributed by atoms with E-state index in [0.717, 1.165) is 47.4 Å². The minimum Gasteiger partial charge on any atom is -0.361 e. The third kappa shape index (κ3) is 6.15. The van der Waals surface area contributed by atoms with E-state index in [4.69, 9.17) is 10.2 Å². The summed E-state index contributed by atoms with van der Waals surface area (Å²) in [6.45, 7) is 2.78. The van der Waals surface area contributed by atoms with Crippen LogP contribution in [0.2, 0.25) is 0 Å². The minimum atomic E-state index is -0.405. The molecule has 3 aromatic carbocycles. The highest BCUT2D eigenvalue weighted by atomic mass is 16.1. The number of H-pyrrole nitrogens is 1. The summed E-state index contributed by atoms with van der Waals surface area (Å²) in [6.07, 6.45) is 8.44. The number of para-hydroxylation sites is 1. The highest BCUT2D eigenvalue weighted by molar-refractivity contribution is 5.94. The van der Waals surface area contributed by atoms with Crippen LogP contribution in [0, 0.1) is 0 Å². The van der Waals surface area contributed by atoms with Crippen LogP contribution in [0.5, 0.6) is 0 Å². The summed E-state index contributed by atoms with van der Waals surface area (Å²) in [7, 11) is 0. The summed E-state index contributed by atoms with van der Waals surface area (Å²) in [5.41, 5.74) is 6.45. The van der Waals surface area contributed by atoms with Crippen molar-refractivity contribution in [3.63, 3.8) is 0 Å². The highest BCUT2D eigenvalue weighted by Gasteiger charge is 2.25. The second-order valence-electron chi connectivity index (χ2n) is 10.5. The quantitative estimate of drug-likeness (QED) is 0.198. The van der Waals surface area contributed by atoms with Gasteiger partial charge < -0.3 is 14.9 Å². The molecule has 2 N–H and O–H groups in total. The zero-order valence-corrected chi connectivity index (χ0v) is 23.7. The van der Waals surface area contributed by atoms with Gasteiger partial charge in [0.1, 0.15) is 5.82 Å². The van der Waals surface area contributed by atoms with E-state index in [0.29, 0.717) is 18.5 Å². The van der Waals surface area contributed by atoms with Crippen molar-refractivity contribution in [3.05, 3.63) is 149 Å². The number of carbonyl (C=O) groups excluding carboxylic acids is 1. The van der Waals surface area contributed by atoms with Gasteiger partial charge in [-0.15, -0.1) is 10.2 Å². The van der Waals surface area contributed by atoms with Crippen LogP contribution in [0.3, 0.4) is 0 Å². The first-order valence-electron chi connectivity index (χ1n) is 14.5. The van der Waals surface area contributed by atoms with Gasteiger partial charge in [0, 0.05) is 47.9 Å². The molecule has 0 saturated carbocycles. The molecule has 210 valence electrons. The lowest BCUT2D eigenvalue weighted by molar-refractivity contribution is 0.0934. The lowest BCUT2D eigenvalue weighted by Crippen LogP contribution is -2.32. The predicted octanol–water partition coefficient (Wildman–Crippen LogP) is 6.26. The van der Waals surface area contributed by atoms with Crippen LogP contribution >= 0.6 is 0 Å². The Kier molecular flexibility index (Phi) is 8.17. The molecule has 0 bridgehead atoms. The van der Waals surface area contributed by atoms with Crippen molar-refractivity contribution in [1.82, 2.24) is 30.0 Å². The van der Waals surface area contributed by atoms with Crippen molar-refractivity contribution in [2.45, 2.75) is 45.2 Å². The molecule has 7 heteroatoms. The van der Waals surface area contributed by atoms with Gasteiger partial charge in [-0.1, -0.05) is 79.7 Å². The smallest absolute Gasteiger partial charge is 0.251 e. The first-order chi connectivity index (χ1) is 20.7. The molecule has 6 rings (SSSR count). The van der Waals surface area contributed by atoms with Crippen molar-refractivity contribution in [2.75, 3.05) is 0 Å². The highest BCUT2D eigenvalue weighted by Crippen LogP contribution is 2.26. The number of aromatic amines is 1. The summed E-state index contributed by atoms with van der Waals surface area (Å²) < 4.78 is 2.19. The first kappa shape index (κ1) is 27.1. The Morgan fingerprint density at radius 1 is 0.833 bits per heavy atom. The normalized spacial score (nSPS) is 11.9. The molecule has 0 saturated heterocycles. The number of hydrogen-bond acceptors (Lipinski definition) is 4. The van der Waals surface area contributed by atoms with Crippen molar-refractivity contribution in [3.8, 4) is 0 Å². The number of pyridine rings is 1. The Morgan fingerprint density at radius 2 is 1.57 bits per heavy atom. The lowest BCUT2D eigenvalue weighted by atomic mass is 10.0. The topological polar surface area (TPSA) is 88.5 Å². The average molecular weight is 555 g/mol. The Morgan fingerprint density at radius 3 is 2.36 bits per heavy atom. The molecule has 42 heavy (non-hydrogen) atoms. The average Bonchev–Trinajstić information content (AvgIpc) is 3.64. The second-order valence-corrected chi connectivity index (χ2v) is 10.5.